The Bertz CT molecular complexity index is 1590. The predicted octanol–water partition coefficient (Wildman–Crippen LogP) is 4.71. The smallest absolute Gasteiger partial charge is 0.408 e. The van der Waals surface area contributed by atoms with Crippen molar-refractivity contribution in [2.45, 2.75) is 32.5 Å². The Morgan fingerprint density at radius 2 is 1.70 bits per heavy atom. The number of rotatable bonds is 10. The summed E-state index contributed by atoms with van der Waals surface area (Å²) in [7, 11) is 0. The maximum Gasteiger partial charge on any atom is 0.408 e. The number of aromatic nitrogens is 3. The molecule has 202 valence electrons. The normalized spacial score (nSPS) is 11.9. The number of benzene rings is 3. The van der Waals surface area contributed by atoms with Gasteiger partial charge in [-0.3, -0.25) is 4.79 Å². The van der Waals surface area contributed by atoms with Crippen molar-refractivity contribution in [3.8, 4) is 0 Å². The zero-order valence-electron chi connectivity index (χ0n) is 22.1. The molecule has 9 heteroatoms. The fraction of sp³-hybridized carbons (Fsp3) is 0.161. The molecule has 0 aliphatic rings. The number of nitrogens with zero attached hydrogens (tertiary/aromatic N) is 3. The molecular formula is C31H30N6O3. The molecule has 0 fully saturated rings. The first-order valence-corrected chi connectivity index (χ1v) is 13.0. The van der Waals surface area contributed by atoms with E-state index in [4.69, 9.17) is 4.74 Å². The van der Waals surface area contributed by atoms with Crippen molar-refractivity contribution in [2.24, 2.45) is 5.10 Å². The molecule has 0 radical (unpaired) electrons. The molecule has 5 rings (SSSR count). The fourth-order valence-corrected chi connectivity index (χ4v) is 4.56. The molecule has 3 aromatic carbocycles. The Hall–Kier alpha value is -5.18. The van der Waals surface area contributed by atoms with Gasteiger partial charge in [0.2, 0.25) is 0 Å². The standard InChI is InChI=1S/C31H30N6O3/c1-22-27(26-14-8-9-15-29(26)37(22)19-23-10-4-2-5-11-23)18-34-36-30(38)28(16-25-17-32-21-33-25)35-31(39)40-20-24-12-6-3-7-13-24/h2-15,17-18,21,28H,16,19-20H2,1H3,(H,32,33)(H,35,39)(H,36,38)/b34-18-/t28-/m0/s1. The van der Waals surface area contributed by atoms with Gasteiger partial charge in [-0.2, -0.15) is 5.10 Å². The summed E-state index contributed by atoms with van der Waals surface area (Å²) < 4.78 is 7.56. The predicted molar refractivity (Wildman–Crippen MR) is 154 cm³/mol. The number of carbonyl (C=O) groups excluding carboxylic acids is 2. The molecule has 0 saturated heterocycles. The number of aromatic amines is 1. The van der Waals surface area contributed by atoms with Gasteiger partial charge in [-0.1, -0.05) is 78.9 Å². The molecule has 0 saturated carbocycles. The zero-order valence-corrected chi connectivity index (χ0v) is 22.1. The van der Waals surface area contributed by atoms with Crippen LogP contribution in [0, 0.1) is 6.92 Å². The molecule has 3 N–H and O–H groups in total. The Balaban J connectivity index is 1.30. The number of nitrogens with one attached hydrogen (secondary N) is 3. The van der Waals surface area contributed by atoms with Gasteiger partial charge in [0.05, 0.1) is 12.5 Å². The van der Waals surface area contributed by atoms with Crippen molar-refractivity contribution in [3.63, 3.8) is 0 Å². The zero-order chi connectivity index (χ0) is 27.7. The van der Waals surface area contributed by atoms with Crippen LogP contribution in [-0.2, 0) is 29.1 Å². The van der Waals surface area contributed by atoms with Crippen LogP contribution in [0.5, 0.6) is 0 Å². The van der Waals surface area contributed by atoms with Crippen molar-refractivity contribution < 1.29 is 14.3 Å². The summed E-state index contributed by atoms with van der Waals surface area (Å²) in [5.41, 5.74) is 8.33. The highest BCUT2D eigenvalue weighted by Gasteiger charge is 2.23. The number of para-hydroxylation sites is 1. The van der Waals surface area contributed by atoms with E-state index in [-0.39, 0.29) is 13.0 Å². The minimum absolute atomic E-state index is 0.0928. The lowest BCUT2D eigenvalue weighted by atomic mass is 10.1. The van der Waals surface area contributed by atoms with Crippen molar-refractivity contribution in [2.75, 3.05) is 0 Å². The first-order valence-electron chi connectivity index (χ1n) is 13.0. The van der Waals surface area contributed by atoms with Gasteiger partial charge < -0.3 is 19.6 Å². The minimum Gasteiger partial charge on any atom is -0.445 e. The molecule has 1 atom stereocenters. The molecule has 2 aromatic heterocycles. The lowest BCUT2D eigenvalue weighted by Crippen LogP contribution is -2.47. The van der Waals surface area contributed by atoms with E-state index in [2.05, 4.69) is 48.6 Å². The summed E-state index contributed by atoms with van der Waals surface area (Å²) >= 11 is 0. The first kappa shape index (κ1) is 26.4. The van der Waals surface area contributed by atoms with E-state index in [9.17, 15) is 9.59 Å². The molecule has 0 aliphatic heterocycles. The van der Waals surface area contributed by atoms with Gasteiger partial charge in [-0.15, -0.1) is 0 Å². The molecular weight excluding hydrogens is 504 g/mol. The second-order valence-electron chi connectivity index (χ2n) is 9.36. The number of ether oxygens (including phenoxy) is 1. The van der Waals surface area contributed by atoms with Gasteiger partial charge in [-0.05, 0) is 24.1 Å². The number of carbonyl (C=O) groups is 2. The molecule has 5 aromatic rings. The number of imidazole rings is 1. The monoisotopic (exact) mass is 534 g/mol. The van der Waals surface area contributed by atoms with Crippen LogP contribution in [0.1, 0.15) is 28.1 Å². The lowest BCUT2D eigenvalue weighted by molar-refractivity contribution is -0.123. The van der Waals surface area contributed by atoms with E-state index in [0.717, 1.165) is 27.7 Å². The third-order valence-electron chi connectivity index (χ3n) is 6.63. The van der Waals surface area contributed by atoms with Crippen LogP contribution < -0.4 is 10.7 Å². The number of alkyl carbamates (subject to hydrolysis) is 1. The average Bonchev–Trinajstić information content (AvgIpc) is 3.59. The highest BCUT2D eigenvalue weighted by atomic mass is 16.5. The summed E-state index contributed by atoms with van der Waals surface area (Å²) in [6, 6.07) is 26.8. The van der Waals surface area contributed by atoms with Gasteiger partial charge in [-0.25, -0.2) is 15.2 Å². The van der Waals surface area contributed by atoms with Crippen LogP contribution in [0.25, 0.3) is 10.9 Å². The van der Waals surface area contributed by atoms with Crippen LogP contribution in [0.4, 0.5) is 4.79 Å². The van der Waals surface area contributed by atoms with Crippen LogP contribution >= 0.6 is 0 Å². The number of hydrazone groups is 1. The van der Waals surface area contributed by atoms with E-state index < -0.39 is 18.0 Å². The first-order chi connectivity index (χ1) is 19.6. The van der Waals surface area contributed by atoms with Crippen LogP contribution in [0.15, 0.2) is 103 Å². The molecule has 2 amide bonds. The van der Waals surface area contributed by atoms with Crippen molar-refractivity contribution in [3.05, 3.63) is 126 Å². The van der Waals surface area contributed by atoms with Crippen LogP contribution in [0.3, 0.4) is 0 Å². The Morgan fingerprint density at radius 3 is 2.42 bits per heavy atom. The summed E-state index contributed by atoms with van der Waals surface area (Å²) in [5.74, 6) is -0.479. The van der Waals surface area contributed by atoms with Crippen molar-refractivity contribution >= 4 is 29.1 Å². The van der Waals surface area contributed by atoms with E-state index >= 15 is 0 Å². The quantitative estimate of drug-likeness (QED) is 0.178. The molecule has 2 heterocycles. The van der Waals surface area contributed by atoms with Crippen molar-refractivity contribution in [1.29, 1.82) is 0 Å². The Labute approximate surface area is 231 Å². The van der Waals surface area contributed by atoms with Gasteiger partial charge in [0.1, 0.15) is 12.6 Å². The topological polar surface area (TPSA) is 113 Å². The third-order valence-corrected chi connectivity index (χ3v) is 6.63. The number of hydrogen-bond donors (Lipinski definition) is 3. The van der Waals surface area contributed by atoms with Crippen LogP contribution in [0.2, 0.25) is 0 Å². The number of amides is 2. The molecule has 0 bridgehead atoms. The van der Waals surface area contributed by atoms with E-state index in [1.807, 2.05) is 73.7 Å². The maximum absolute atomic E-state index is 13.1. The summed E-state index contributed by atoms with van der Waals surface area (Å²) in [6.45, 7) is 2.85. The number of H-pyrrole nitrogens is 1. The molecule has 40 heavy (non-hydrogen) atoms. The molecule has 0 unspecified atom stereocenters. The van der Waals surface area contributed by atoms with Gasteiger partial charge in [0, 0.05) is 47.0 Å². The molecule has 9 nitrogen and oxygen atoms in total. The third kappa shape index (κ3) is 6.44. The number of hydrogen-bond acceptors (Lipinski definition) is 5. The van der Waals surface area contributed by atoms with Crippen molar-refractivity contribution in [1.82, 2.24) is 25.3 Å². The van der Waals surface area contributed by atoms with Crippen LogP contribution in [-0.4, -0.2) is 38.8 Å². The Morgan fingerprint density at radius 1 is 1.00 bits per heavy atom. The maximum atomic E-state index is 13.1. The average molecular weight is 535 g/mol. The second kappa shape index (κ2) is 12.6. The highest BCUT2D eigenvalue weighted by Crippen LogP contribution is 2.25. The SMILES string of the molecule is Cc1c(/C=N\NC(=O)[C@H](Cc2cnc[nH]2)NC(=O)OCc2ccccc2)c2ccccc2n1Cc1ccccc1. The highest BCUT2D eigenvalue weighted by molar-refractivity contribution is 6.01. The summed E-state index contributed by atoms with van der Waals surface area (Å²) in [6.07, 6.45) is 4.26. The van der Waals surface area contributed by atoms with E-state index in [1.165, 1.54) is 11.9 Å². The van der Waals surface area contributed by atoms with Gasteiger partial charge in [0.25, 0.3) is 5.91 Å². The lowest BCUT2D eigenvalue weighted by Gasteiger charge is -2.16. The van der Waals surface area contributed by atoms with Gasteiger partial charge >= 0.3 is 6.09 Å². The van der Waals surface area contributed by atoms with E-state index in [1.54, 1.807) is 12.4 Å². The van der Waals surface area contributed by atoms with E-state index in [0.29, 0.717) is 12.2 Å². The number of fused-ring (bicyclic) bond motifs is 1. The van der Waals surface area contributed by atoms with Gasteiger partial charge in [0.15, 0.2) is 0 Å². The second-order valence-corrected chi connectivity index (χ2v) is 9.36. The fourth-order valence-electron chi connectivity index (χ4n) is 4.56. The minimum atomic E-state index is -0.929. The Kier molecular flexibility index (Phi) is 8.31. The summed E-state index contributed by atoms with van der Waals surface area (Å²) in [5, 5.41) is 7.95. The molecule has 0 aliphatic carbocycles. The molecule has 0 spiro atoms. The largest absolute Gasteiger partial charge is 0.445 e. The summed E-state index contributed by atoms with van der Waals surface area (Å²) in [4.78, 5) is 32.6.